The highest BCUT2D eigenvalue weighted by Crippen LogP contribution is 2.46. The molecule has 244 valence electrons. The maximum Gasteiger partial charge on any atom is 0.414 e. The Hall–Kier alpha value is -4.11. The van der Waals surface area contributed by atoms with Crippen LogP contribution in [0.5, 0.6) is 5.75 Å². The highest BCUT2D eigenvalue weighted by Gasteiger charge is 2.47. The summed E-state index contributed by atoms with van der Waals surface area (Å²) in [7, 11) is 1.64. The zero-order chi connectivity index (χ0) is 33.1. The van der Waals surface area contributed by atoms with Gasteiger partial charge in [0.1, 0.15) is 17.2 Å². The average molecular weight is 677 g/mol. The van der Waals surface area contributed by atoms with Crippen LogP contribution in [0, 0.1) is 5.82 Å². The van der Waals surface area contributed by atoms with Gasteiger partial charge in [-0.1, -0.05) is 71.7 Å². The van der Waals surface area contributed by atoms with Crippen molar-refractivity contribution in [1.82, 2.24) is 10.2 Å². The lowest BCUT2D eigenvalue weighted by Gasteiger charge is -2.48. The Morgan fingerprint density at radius 2 is 1.70 bits per heavy atom. The number of carbonyl (C=O) groups excluding carboxylic acids is 2. The van der Waals surface area contributed by atoms with E-state index in [2.05, 4.69) is 22.3 Å². The minimum Gasteiger partial charge on any atom is -0.507 e. The van der Waals surface area contributed by atoms with Crippen LogP contribution in [0.3, 0.4) is 0 Å². The number of fused-ring (bicyclic) bond motifs is 2. The molecule has 4 aromatic carbocycles. The molecule has 10 heteroatoms. The van der Waals surface area contributed by atoms with Crippen LogP contribution in [0.25, 0.3) is 0 Å². The molecule has 2 N–H and O–H groups in total. The van der Waals surface area contributed by atoms with E-state index in [1.54, 1.807) is 37.4 Å². The number of phenols is 1. The van der Waals surface area contributed by atoms with Gasteiger partial charge in [-0.3, -0.25) is 14.6 Å². The molecule has 1 saturated heterocycles. The van der Waals surface area contributed by atoms with E-state index in [-0.39, 0.29) is 35.0 Å². The molecular weight excluding hydrogens is 640 g/mol. The summed E-state index contributed by atoms with van der Waals surface area (Å²) < 4.78 is 20.5. The predicted octanol–water partition coefficient (Wildman–Crippen LogP) is 7.93. The molecule has 4 aromatic rings. The Morgan fingerprint density at radius 1 is 0.979 bits per heavy atom. The lowest BCUT2D eigenvalue weighted by atomic mass is 9.80. The van der Waals surface area contributed by atoms with E-state index in [0.29, 0.717) is 60.2 Å². The average Bonchev–Trinajstić information content (AvgIpc) is 3.07. The fourth-order valence-electron chi connectivity index (χ4n) is 6.83. The van der Waals surface area contributed by atoms with Crippen LogP contribution in [0.1, 0.15) is 52.2 Å². The molecule has 2 heterocycles. The molecule has 0 aliphatic carbocycles. The number of aromatic hydroxyl groups is 1. The number of hydrogen-bond donors (Lipinski definition) is 2. The summed E-state index contributed by atoms with van der Waals surface area (Å²) in [4.78, 5) is 29.9. The van der Waals surface area contributed by atoms with Crippen molar-refractivity contribution in [2.75, 3.05) is 31.6 Å². The monoisotopic (exact) mass is 675 g/mol. The summed E-state index contributed by atoms with van der Waals surface area (Å²) in [6.45, 7) is 1.52. The van der Waals surface area contributed by atoms with Crippen LogP contribution in [-0.4, -0.2) is 54.7 Å². The Morgan fingerprint density at radius 3 is 2.43 bits per heavy atom. The first-order valence-corrected chi connectivity index (χ1v) is 16.4. The molecule has 6 rings (SSSR count). The van der Waals surface area contributed by atoms with Gasteiger partial charge in [0.25, 0.3) is 5.91 Å². The van der Waals surface area contributed by atoms with Crippen molar-refractivity contribution in [1.29, 1.82) is 0 Å². The quantitative estimate of drug-likeness (QED) is 0.188. The summed E-state index contributed by atoms with van der Waals surface area (Å²) in [5.41, 5.74) is 2.74. The number of piperidine rings is 1. The SMILES string of the molecule is CN1C(=O)OC2(CCN(C(Cc3ccccc3)CC(CNC(=O)c3ccccc3O)c3ccc(Cl)c(Cl)c3)CC2)c2cc(F)ccc21. The van der Waals surface area contributed by atoms with E-state index in [0.717, 1.165) is 12.0 Å². The van der Waals surface area contributed by atoms with Crippen molar-refractivity contribution >= 4 is 40.9 Å². The maximum atomic E-state index is 14.5. The predicted molar refractivity (Wildman–Crippen MR) is 182 cm³/mol. The molecular formula is C37H36Cl2FN3O4. The molecule has 47 heavy (non-hydrogen) atoms. The smallest absolute Gasteiger partial charge is 0.414 e. The van der Waals surface area contributed by atoms with Crippen LogP contribution >= 0.6 is 23.2 Å². The van der Waals surface area contributed by atoms with Crippen LogP contribution in [0.4, 0.5) is 14.9 Å². The summed E-state index contributed by atoms with van der Waals surface area (Å²) >= 11 is 12.8. The van der Waals surface area contributed by atoms with Crippen LogP contribution < -0.4 is 10.2 Å². The molecule has 0 bridgehead atoms. The third-order valence-corrected chi connectivity index (χ3v) is 10.2. The number of phenolic OH excluding ortho intramolecular Hbond substituents is 1. The fraction of sp³-hybridized carbons (Fsp3) is 0.297. The number of ether oxygens (including phenoxy) is 1. The van der Waals surface area contributed by atoms with E-state index in [1.165, 1.54) is 28.7 Å². The normalized spacial score (nSPS) is 17.1. The summed E-state index contributed by atoms with van der Waals surface area (Å²) in [6, 6.07) is 26.7. The molecule has 2 aliphatic heterocycles. The third-order valence-electron chi connectivity index (χ3n) is 9.43. The zero-order valence-corrected chi connectivity index (χ0v) is 27.5. The highest BCUT2D eigenvalue weighted by atomic mass is 35.5. The Labute approximate surface area is 283 Å². The second-order valence-electron chi connectivity index (χ2n) is 12.3. The largest absolute Gasteiger partial charge is 0.507 e. The minimum atomic E-state index is -0.913. The van der Waals surface area contributed by atoms with Gasteiger partial charge in [-0.25, -0.2) is 9.18 Å². The van der Waals surface area contributed by atoms with E-state index < -0.39 is 11.7 Å². The molecule has 0 saturated carbocycles. The standard InChI is InChI=1S/C37H36Cl2FN3O4/c1-42-33-14-12-27(40)22-30(33)37(47-36(42)46)15-17-43(18-16-37)28(19-24-7-3-2-4-8-24)20-26(25-11-13-31(38)32(39)21-25)23-41-35(45)29-9-5-6-10-34(29)44/h2-14,21-22,26,28,44H,15-20,23H2,1H3,(H,41,45). The second kappa shape index (κ2) is 13.9. The number of nitrogens with one attached hydrogen (secondary N) is 1. The van der Waals surface area contributed by atoms with Crippen molar-refractivity contribution in [3.63, 3.8) is 0 Å². The number of hydrogen-bond acceptors (Lipinski definition) is 5. The number of carbonyl (C=O) groups is 2. The molecule has 0 radical (unpaired) electrons. The van der Waals surface area contributed by atoms with Gasteiger partial charge in [-0.15, -0.1) is 0 Å². The van der Waals surface area contributed by atoms with Gasteiger partial charge in [-0.2, -0.15) is 0 Å². The van der Waals surface area contributed by atoms with Crippen LogP contribution in [-0.2, 0) is 16.8 Å². The molecule has 2 aliphatic rings. The van der Waals surface area contributed by atoms with Crippen molar-refractivity contribution in [2.45, 2.75) is 43.2 Å². The molecule has 1 fully saturated rings. The van der Waals surface area contributed by atoms with Gasteiger partial charge in [0.05, 0.1) is 21.3 Å². The fourth-order valence-corrected chi connectivity index (χ4v) is 7.14. The van der Waals surface area contributed by atoms with E-state index in [4.69, 9.17) is 27.9 Å². The first-order valence-electron chi connectivity index (χ1n) is 15.7. The zero-order valence-electron chi connectivity index (χ0n) is 26.0. The molecule has 2 amide bonds. The topological polar surface area (TPSA) is 82.1 Å². The number of likely N-dealkylation sites (tertiary alicyclic amines) is 1. The van der Waals surface area contributed by atoms with Crippen molar-refractivity contribution in [3.05, 3.63) is 129 Å². The first-order chi connectivity index (χ1) is 22.6. The van der Waals surface area contributed by atoms with Gasteiger partial charge in [0.15, 0.2) is 0 Å². The summed E-state index contributed by atoms with van der Waals surface area (Å²) in [5.74, 6) is -0.978. The highest BCUT2D eigenvalue weighted by molar-refractivity contribution is 6.42. The Balaban J connectivity index is 1.28. The number of para-hydroxylation sites is 1. The third kappa shape index (κ3) is 7.10. The van der Waals surface area contributed by atoms with E-state index in [9.17, 15) is 19.1 Å². The van der Waals surface area contributed by atoms with Gasteiger partial charge < -0.3 is 15.2 Å². The van der Waals surface area contributed by atoms with Gasteiger partial charge in [0, 0.05) is 57.0 Å². The van der Waals surface area contributed by atoms with Gasteiger partial charge in [-0.05, 0) is 66.4 Å². The van der Waals surface area contributed by atoms with Crippen molar-refractivity contribution in [2.24, 2.45) is 0 Å². The number of halogens is 3. The van der Waals surface area contributed by atoms with E-state index in [1.807, 2.05) is 30.3 Å². The van der Waals surface area contributed by atoms with Crippen molar-refractivity contribution < 1.29 is 23.8 Å². The molecule has 2 unspecified atom stereocenters. The first kappa shape index (κ1) is 32.8. The maximum absolute atomic E-state index is 14.5. The molecule has 1 spiro atoms. The molecule has 2 atom stereocenters. The van der Waals surface area contributed by atoms with Crippen molar-refractivity contribution in [3.8, 4) is 5.75 Å². The summed E-state index contributed by atoms with van der Waals surface area (Å²) in [6.07, 6.45) is 1.98. The molecule has 7 nitrogen and oxygen atoms in total. The number of amides is 2. The Kier molecular flexibility index (Phi) is 9.73. The number of nitrogens with zero attached hydrogens (tertiary/aromatic N) is 2. The van der Waals surface area contributed by atoms with Gasteiger partial charge in [0.2, 0.25) is 0 Å². The number of benzene rings is 4. The second-order valence-corrected chi connectivity index (χ2v) is 13.1. The lowest BCUT2D eigenvalue weighted by molar-refractivity contribution is -0.0502. The summed E-state index contributed by atoms with van der Waals surface area (Å²) in [5, 5.41) is 14.2. The van der Waals surface area contributed by atoms with Crippen LogP contribution in [0.2, 0.25) is 10.0 Å². The number of anilines is 1. The van der Waals surface area contributed by atoms with Crippen LogP contribution in [0.15, 0.2) is 91.0 Å². The minimum absolute atomic E-state index is 0.0326. The Bertz CT molecular complexity index is 1760. The lowest BCUT2D eigenvalue weighted by Crippen LogP contribution is -2.53. The molecule has 0 aromatic heterocycles. The van der Waals surface area contributed by atoms with E-state index >= 15 is 0 Å². The number of rotatable bonds is 9. The van der Waals surface area contributed by atoms with Gasteiger partial charge >= 0.3 is 6.09 Å².